The Labute approximate surface area is 258 Å². The number of rotatable bonds is 18. The van der Waals surface area contributed by atoms with Gasteiger partial charge < -0.3 is 20.3 Å². The van der Waals surface area contributed by atoms with Crippen molar-refractivity contribution < 1.29 is 57.5 Å². The summed E-state index contributed by atoms with van der Waals surface area (Å²) in [5.41, 5.74) is 0.900. The number of carbonyl (C=O) groups excluding carboxylic acids is 1. The van der Waals surface area contributed by atoms with Crippen molar-refractivity contribution in [2.75, 3.05) is 19.3 Å². The monoisotopic (exact) mass is 585 g/mol. The number of phenolic OH excluding ortho intramolecular Hbond substituents is 1. The number of hydrogen-bond donors (Lipinski definition) is 3. The number of carboxylic acids is 1. The molecule has 0 saturated heterocycles. The van der Waals surface area contributed by atoms with E-state index in [0.717, 1.165) is 24.8 Å². The molecule has 0 saturated carbocycles. The molecule has 0 fully saturated rings. The van der Waals surface area contributed by atoms with Crippen molar-refractivity contribution in [3.63, 3.8) is 0 Å². The number of phenols is 1. The van der Waals surface area contributed by atoms with Crippen LogP contribution in [0.2, 0.25) is 5.02 Å². The molecule has 7 nitrogen and oxygen atoms in total. The van der Waals surface area contributed by atoms with E-state index >= 15 is 0 Å². The number of hydrogen-bond acceptors (Lipinski definition) is 6. The molecule has 3 N–H and O–H groups in total. The number of carboxylic acid groups (broad SMARTS) is 1. The molecule has 0 aliphatic carbocycles. The van der Waals surface area contributed by atoms with Crippen LogP contribution in [-0.4, -0.2) is 43.4 Å². The zero-order valence-electron chi connectivity index (χ0n) is 24.0. The molecule has 0 unspecified atom stereocenters. The molecule has 0 aliphatic heterocycles. The molecule has 10 heteroatoms. The smallest absolute Gasteiger partial charge is 0.550 e. The molecular weight excluding hydrogens is 537 g/mol. The average Bonchev–Trinajstić information content (AvgIpc) is 2.83. The fraction of sp³-hybridized carbons (Fsp3) is 0.679. The van der Waals surface area contributed by atoms with E-state index in [4.69, 9.17) is 21.3 Å². The Bertz CT molecular complexity index is 822. The van der Waals surface area contributed by atoms with E-state index in [2.05, 4.69) is 24.4 Å². The Kier molecular flexibility index (Phi) is 32.4. The molecule has 0 aromatic heterocycles. The summed E-state index contributed by atoms with van der Waals surface area (Å²) in [5.74, 6) is -0.872. The third kappa shape index (κ3) is 35.4. The predicted molar refractivity (Wildman–Crippen MR) is 153 cm³/mol. The predicted octanol–water partition coefficient (Wildman–Crippen LogP) is 3.23. The maximum atomic E-state index is 10.2. The van der Waals surface area contributed by atoms with Crippen molar-refractivity contribution in [2.45, 2.75) is 104 Å². The minimum absolute atomic E-state index is 0. The van der Waals surface area contributed by atoms with Gasteiger partial charge in [-0.1, -0.05) is 82.0 Å². The summed E-state index contributed by atoms with van der Waals surface area (Å²) < 4.78 is 27.9. The zero-order chi connectivity index (χ0) is 28.4. The SMILES string of the molecule is CCCCCCCCC=CCCCCCCCC(=O)[O-].CNCCS(=O)(=O)O.Cc1cc(O)ccc1Cl.[Na+]. The second-order valence-electron chi connectivity index (χ2n) is 9.03. The molecule has 0 amide bonds. The minimum Gasteiger partial charge on any atom is -0.550 e. The maximum absolute atomic E-state index is 10.2. The Balaban J connectivity index is -0.000000560. The van der Waals surface area contributed by atoms with Gasteiger partial charge in [0.2, 0.25) is 0 Å². The molecule has 1 aromatic carbocycles. The van der Waals surface area contributed by atoms with Gasteiger partial charge in [-0.15, -0.1) is 0 Å². The van der Waals surface area contributed by atoms with Gasteiger partial charge in [0.15, 0.2) is 0 Å². The van der Waals surface area contributed by atoms with Gasteiger partial charge in [-0.3, -0.25) is 4.55 Å². The van der Waals surface area contributed by atoms with Crippen LogP contribution < -0.4 is 40.0 Å². The topological polar surface area (TPSA) is 127 Å². The molecule has 1 rings (SSSR count). The van der Waals surface area contributed by atoms with Crippen LogP contribution in [0.4, 0.5) is 0 Å². The second-order valence-corrected chi connectivity index (χ2v) is 11.0. The Morgan fingerprint density at radius 2 is 1.47 bits per heavy atom. The summed E-state index contributed by atoms with van der Waals surface area (Å²) in [5, 5.41) is 22.4. The van der Waals surface area contributed by atoms with Gasteiger partial charge in [-0.05, 0) is 76.3 Å². The number of halogens is 1. The fourth-order valence-electron chi connectivity index (χ4n) is 3.20. The molecule has 1 aromatic rings. The number of unbranched alkanes of at least 4 members (excludes halogenated alkanes) is 11. The molecular formula is C28H49ClNNaO6S. The molecule has 38 heavy (non-hydrogen) atoms. The largest absolute Gasteiger partial charge is 1.00 e. The van der Waals surface area contributed by atoms with Crippen LogP contribution in [0.1, 0.15) is 102 Å². The van der Waals surface area contributed by atoms with Crippen molar-refractivity contribution in [2.24, 2.45) is 0 Å². The molecule has 0 aliphatic rings. The number of benzene rings is 1. The number of allylic oxidation sites excluding steroid dienone is 2. The Morgan fingerprint density at radius 1 is 0.974 bits per heavy atom. The van der Waals surface area contributed by atoms with Crippen molar-refractivity contribution in [3.05, 3.63) is 40.9 Å². The summed E-state index contributed by atoms with van der Waals surface area (Å²) in [7, 11) is -2.13. The van der Waals surface area contributed by atoms with Crippen molar-refractivity contribution in [1.29, 1.82) is 0 Å². The normalized spacial score (nSPS) is 10.7. The zero-order valence-corrected chi connectivity index (χ0v) is 27.6. The van der Waals surface area contributed by atoms with Crippen molar-refractivity contribution in [3.8, 4) is 5.75 Å². The number of aromatic hydroxyl groups is 1. The van der Waals surface area contributed by atoms with Gasteiger partial charge in [-0.2, -0.15) is 8.42 Å². The summed E-state index contributed by atoms with van der Waals surface area (Å²) in [6, 6.07) is 4.86. The molecule has 0 atom stereocenters. The first kappa shape index (κ1) is 41.9. The van der Waals surface area contributed by atoms with E-state index in [0.29, 0.717) is 11.6 Å². The van der Waals surface area contributed by atoms with Gasteiger partial charge in [0.25, 0.3) is 10.1 Å². The van der Waals surface area contributed by atoms with Crippen molar-refractivity contribution >= 4 is 27.7 Å². The summed E-state index contributed by atoms with van der Waals surface area (Å²) in [6.45, 7) is 4.40. The van der Waals surface area contributed by atoms with E-state index in [1.165, 1.54) is 64.2 Å². The summed E-state index contributed by atoms with van der Waals surface area (Å²) in [4.78, 5) is 10.2. The van der Waals surface area contributed by atoms with Crippen LogP contribution in [-0.2, 0) is 14.9 Å². The van der Waals surface area contributed by atoms with Crippen LogP contribution in [0.3, 0.4) is 0 Å². The third-order valence-corrected chi connectivity index (χ3v) is 6.54. The number of aryl methyl sites for hydroxylation is 1. The molecule has 216 valence electrons. The average molecular weight is 586 g/mol. The van der Waals surface area contributed by atoms with Gasteiger partial charge in [0.05, 0.1) is 5.75 Å². The molecule has 0 bridgehead atoms. The van der Waals surface area contributed by atoms with Crippen LogP contribution in [0.25, 0.3) is 0 Å². The van der Waals surface area contributed by atoms with Crippen LogP contribution >= 0.6 is 11.6 Å². The molecule has 0 spiro atoms. The first-order valence-corrected chi connectivity index (χ1v) is 15.4. The standard InChI is InChI=1S/C18H34O2.C7H7ClO.C3H9NO3S.Na/c1-2-3-4-5-6-7-8-9-10-11-12-13-14-15-16-17-18(19)20;1-5-4-6(9)2-3-7(5)8;1-4-2-3-8(5,6)7;/h9-10H,2-8,11-17H2,1H3,(H,19,20);2-4,9H,1H3;4H,2-3H2,1H3,(H,5,6,7);/q;;;+1/p-1. The van der Waals surface area contributed by atoms with Gasteiger partial charge in [-0.25, -0.2) is 0 Å². The quantitative estimate of drug-likeness (QED) is 0.104. The van der Waals surface area contributed by atoms with E-state index in [-0.39, 0.29) is 47.5 Å². The maximum Gasteiger partial charge on any atom is 1.00 e. The van der Waals surface area contributed by atoms with Gasteiger partial charge in [0, 0.05) is 17.5 Å². The molecule has 0 heterocycles. The summed E-state index contributed by atoms with van der Waals surface area (Å²) >= 11 is 5.67. The first-order chi connectivity index (χ1) is 17.5. The number of nitrogens with one attached hydrogen (secondary N) is 1. The molecule has 0 radical (unpaired) electrons. The van der Waals surface area contributed by atoms with Gasteiger partial charge in [0.1, 0.15) is 5.75 Å². The Hall–Kier alpha value is -0.610. The number of aliphatic carboxylic acids is 1. The fourth-order valence-corrected chi connectivity index (χ4v) is 3.78. The van der Waals surface area contributed by atoms with Crippen LogP contribution in [0.15, 0.2) is 30.4 Å². The number of carbonyl (C=O) groups is 1. The van der Waals surface area contributed by atoms with Crippen LogP contribution in [0.5, 0.6) is 5.75 Å². The second kappa shape index (κ2) is 29.4. The first-order valence-electron chi connectivity index (χ1n) is 13.4. The minimum atomic E-state index is -3.75. The Morgan fingerprint density at radius 3 is 1.87 bits per heavy atom. The summed E-state index contributed by atoms with van der Waals surface area (Å²) in [6.07, 6.45) is 20.9. The van der Waals surface area contributed by atoms with E-state index in [1.54, 1.807) is 25.2 Å². The van der Waals surface area contributed by atoms with Crippen molar-refractivity contribution in [1.82, 2.24) is 5.32 Å². The van der Waals surface area contributed by atoms with E-state index < -0.39 is 16.1 Å². The van der Waals surface area contributed by atoms with E-state index in [9.17, 15) is 18.3 Å². The third-order valence-electron chi connectivity index (χ3n) is 5.39. The van der Waals surface area contributed by atoms with Crippen LogP contribution in [0, 0.1) is 6.92 Å². The van der Waals surface area contributed by atoms with E-state index in [1.807, 2.05) is 6.92 Å². The van der Waals surface area contributed by atoms with Gasteiger partial charge >= 0.3 is 29.6 Å².